The highest BCUT2D eigenvalue weighted by atomic mass is 35.5. The smallest absolute Gasteiger partial charge is 0.280 e. The van der Waals surface area contributed by atoms with Crippen LogP contribution in [0.3, 0.4) is 0 Å². The first-order valence-corrected chi connectivity index (χ1v) is 9.90. The second-order valence-corrected chi connectivity index (χ2v) is 7.34. The van der Waals surface area contributed by atoms with Gasteiger partial charge >= 0.3 is 0 Å². The predicted octanol–water partition coefficient (Wildman–Crippen LogP) is 3.94. The van der Waals surface area contributed by atoms with Crippen molar-refractivity contribution in [1.29, 1.82) is 0 Å². The lowest BCUT2D eigenvalue weighted by atomic mass is 10.1. The van der Waals surface area contributed by atoms with Crippen molar-refractivity contribution in [3.63, 3.8) is 0 Å². The number of methoxy groups -OCH3 is 2. The van der Waals surface area contributed by atoms with Crippen molar-refractivity contribution in [2.45, 2.75) is 19.3 Å². The largest absolute Gasteiger partial charge is 0.497 e. The summed E-state index contributed by atoms with van der Waals surface area (Å²) in [5.74, 6) is 1.89. The van der Waals surface area contributed by atoms with Gasteiger partial charge in [0.1, 0.15) is 17.6 Å². The molecule has 2 aromatic carbocycles. The standard InChI is InChI=1S/C21H18ClN5O4/c1-28-14-7-8-15(17(9-14)29-2)20-23-21(31-25-20)19-16-11-30-18(10-27(16)26-24-19)12-3-5-13(22)6-4-12/h3-9,18H,10-11H2,1-2H3/t18-/m1/s1. The Morgan fingerprint density at radius 3 is 2.71 bits per heavy atom. The molecule has 0 saturated carbocycles. The Morgan fingerprint density at radius 2 is 1.94 bits per heavy atom. The fraction of sp³-hybridized carbons (Fsp3) is 0.238. The molecule has 0 bridgehead atoms. The molecular formula is C21H18ClN5O4. The van der Waals surface area contributed by atoms with Crippen LogP contribution in [0, 0.1) is 0 Å². The minimum Gasteiger partial charge on any atom is -0.497 e. The lowest BCUT2D eigenvalue weighted by molar-refractivity contribution is -0.00117. The van der Waals surface area contributed by atoms with E-state index in [1.165, 1.54) is 0 Å². The summed E-state index contributed by atoms with van der Waals surface area (Å²) in [5, 5.41) is 13.3. The van der Waals surface area contributed by atoms with Gasteiger partial charge in [-0.15, -0.1) is 5.10 Å². The average Bonchev–Trinajstić information content (AvgIpc) is 3.45. The van der Waals surface area contributed by atoms with E-state index < -0.39 is 0 Å². The maximum Gasteiger partial charge on any atom is 0.280 e. The van der Waals surface area contributed by atoms with Gasteiger partial charge < -0.3 is 18.7 Å². The van der Waals surface area contributed by atoms with Gasteiger partial charge in [-0.3, -0.25) is 0 Å². The van der Waals surface area contributed by atoms with Gasteiger partial charge in [0.05, 0.1) is 38.6 Å². The van der Waals surface area contributed by atoms with Gasteiger partial charge in [0.2, 0.25) is 5.82 Å². The molecule has 158 valence electrons. The first-order chi connectivity index (χ1) is 15.2. The van der Waals surface area contributed by atoms with Gasteiger partial charge in [-0.25, -0.2) is 4.68 Å². The number of halogens is 1. The summed E-state index contributed by atoms with van der Waals surface area (Å²) in [4.78, 5) is 4.50. The molecule has 5 rings (SSSR count). The van der Waals surface area contributed by atoms with Crippen LogP contribution in [0.25, 0.3) is 23.0 Å². The van der Waals surface area contributed by atoms with Gasteiger partial charge in [-0.2, -0.15) is 4.98 Å². The Balaban J connectivity index is 1.42. The third-order valence-electron chi connectivity index (χ3n) is 5.12. The predicted molar refractivity (Wildman–Crippen MR) is 111 cm³/mol. The summed E-state index contributed by atoms with van der Waals surface area (Å²) in [6.45, 7) is 0.844. The SMILES string of the molecule is COc1ccc(-c2noc(-c3nnn4c3CO[C@@H](c3ccc(Cl)cc3)C4)n2)c(OC)c1. The van der Waals surface area contributed by atoms with Crippen LogP contribution in [0.1, 0.15) is 17.4 Å². The third kappa shape index (κ3) is 3.62. The number of fused-ring (bicyclic) bond motifs is 1. The molecule has 1 aliphatic heterocycles. The molecule has 10 heteroatoms. The number of benzene rings is 2. The Kier molecular flexibility index (Phi) is 5.05. The Labute approximate surface area is 182 Å². The van der Waals surface area contributed by atoms with Crippen molar-refractivity contribution in [3.8, 4) is 34.5 Å². The summed E-state index contributed by atoms with van der Waals surface area (Å²) in [6.07, 6.45) is -0.138. The topological polar surface area (TPSA) is 97.3 Å². The van der Waals surface area contributed by atoms with Crippen molar-refractivity contribution < 1.29 is 18.7 Å². The molecule has 0 amide bonds. The molecule has 0 aliphatic carbocycles. The molecule has 2 aromatic heterocycles. The number of hydrogen-bond donors (Lipinski definition) is 0. The molecule has 0 fully saturated rings. The molecule has 0 saturated heterocycles. The summed E-state index contributed by atoms with van der Waals surface area (Å²) in [5.41, 5.74) is 2.99. The van der Waals surface area contributed by atoms with E-state index in [-0.39, 0.29) is 12.0 Å². The van der Waals surface area contributed by atoms with Gasteiger partial charge in [0, 0.05) is 11.1 Å². The molecular weight excluding hydrogens is 422 g/mol. The monoisotopic (exact) mass is 439 g/mol. The maximum absolute atomic E-state index is 6.04. The highest BCUT2D eigenvalue weighted by molar-refractivity contribution is 6.30. The lowest BCUT2D eigenvalue weighted by Crippen LogP contribution is -2.22. The van der Waals surface area contributed by atoms with E-state index in [0.717, 1.165) is 11.3 Å². The van der Waals surface area contributed by atoms with E-state index in [4.69, 9.17) is 30.3 Å². The van der Waals surface area contributed by atoms with Gasteiger partial charge in [0.25, 0.3) is 5.89 Å². The van der Waals surface area contributed by atoms with Crippen LogP contribution >= 0.6 is 11.6 Å². The van der Waals surface area contributed by atoms with Crippen LogP contribution < -0.4 is 9.47 Å². The van der Waals surface area contributed by atoms with Crippen molar-refractivity contribution >= 4 is 11.6 Å². The Hall–Kier alpha value is -3.43. The highest BCUT2D eigenvalue weighted by Crippen LogP contribution is 2.34. The second kappa shape index (κ2) is 8.01. The van der Waals surface area contributed by atoms with E-state index in [2.05, 4.69) is 20.5 Å². The lowest BCUT2D eigenvalue weighted by Gasteiger charge is -2.24. The molecule has 31 heavy (non-hydrogen) atoms. The Morgan fingerprint density at radius 1 is 1.10 bits per heavy atom. The van der Waals surface area contributed by atoms with Crippen LogP contribution in [0.2, 0.25) is 5.02 Å². The second-order valence-electron chi connectivity index (χ2n) is 6.91. The number of hydrogen-bond acceptors (Lipinski definition) is 8. The van der Waals surface area contributed by atoms with E-state index in [1.807, 2.05) is 30.3 Å². The zero-order valence-electron chi connectivity index (χ0n) is 16.8. The molecule has 3 heterocycles. The first-order valence-electron chi connectivity index (χ1n) is 9.52. The number of aromatic nitrogens is 5. The molecule has 1 aliphatic rings. The molecule has 1 atom stereocenters. The summed E-state index contributed by atoms with van der Waals surface area (Å²) in [7, 11) is 3.17. The van der Waals surface area contributed by atoms with Crippen molar-refractivity contribution in [1.82, 2.24) is 25.1 Å². The number of rotatable bonds is 5. The average molecular weight is 440 g/mol. The number of ether oxygens (including phenoxy) is 3. The van der Waals surface area contributed by atoms with E-state index in [0.29, 0.717) is 46.8 Å². The fourth-order valence-corrected chi connectivity index (χ4v) is 3.60. The quantitative estimate of drug-likeness (QED) is 0.461. The minimum atomic E-state index is -0.138. The van der Waals surface area contributed by atoms with Crippen LogP contribution in [0.15, 0.2) is 47.0 Å². The van der Waals surface area contributed by atoms with Crippen LogP contribution in [-0.4, -0.2) is 39.4 Å². The van der Waals surface area contributed by atoms with E-state index >= 15 is 0 Å². The first kappa shape index (κ1) is 19.5. The molecule has 0 unspecified atom stereocenters. The molecule has 0 radical (unpaired) electrons. The Bertz CT molecular complexity index is 1220. The summed E-state index contributed by atoms with van der Waals surface area (Å²) in [6, 6.07) is 13.0. The van der Waals surface area contributed by atoms with E-state index in [1.54, 1.807) is 31.0 Å². The van der Waals surface area contributed by atoms with Crippen LogP contribution in [0.5, 0.6) is 11.5 Å². The molecule has 4 aromatic rings. The normalized spacial score (nSPS) is 15.5. The zero-order chi connectivity index (χ0) is 21.4. The summed E-state index contributed by atoms with van der Waals surface area (Å²) >= 11 is 5.98. The molecule has 0 spiro atoms. The van der Waals surface area contributed by atoms with Crippen LogP contribution in [-0.2, 0) is 17.9 Å². The highest BCUT2D eigenvalue weighted by Gasteiger charge is 2.28. The molecule has 9 nitrogen and oxygen atoms in total. The third-order valence-corrected chi connectivity index (χ3v) is 5.37. The molecule has 0 N–H and O–H groups in total. The van der Waals surface area contributed by atoms with E-state index in [9.17, 15) is 0 Å². The zero-order valence-corrected chi connectivity index (χ0v) is 17.5. The van der Waals surface area contributed by atoms with Crippen molar-refractivity contribution in [3.05, 3.63) is 58.7 Å². The van der Waals surface area contributed by atoms with Crippen molar-refractivity contribution in [2.75, 3.05) is 14.2 Å². The maximum atomic E-state index is 6.04. The fourth-order valence-electron chi connectivity index (χ4n) is 3.47. The minimum absolute atomic E-state index is 0.138. The van der Waals surface area contributed by atoms with Crippen LogP contribution in [0.4, 0.5) is 0 Å². The van der Waals surface area contributed by atoms with Gasteiger partial charge in [-0.05, 0) is 29.8 Å². The number of nitrogens with zero attached hydrogens (tertiary/aromatic N) is 5. The van der Waals surface area contributed by atoms with Crippen molar-refractivity contribution in [2.24, 2.45) is 0 Å². The van der Waals surface area contributed by atoms with Gasteiger partial charge in [0.15, 0.2) is 5.69 Å². The van der Waals surface area contributed by atoms with Gasteiger partial charge in [-0.1, -0.05) is 34.1 Å². The summed E-state index contributed by atoms with van der Waals surface area (Å²) < 4.78 is 24.0.